The van der Waals surface area contributed by atoms with Crippen molar-refractivity contribution >= 4 is 0 Å². The van der Waals surface area contributed by atoms with Crippen LogP contribution in [0.15, 0.2) is 18.2 Å². The topological polar surface area (TPSA) is 41.5 Å². The van der Waals surface area contributed by atoms with Gasteiger partial charge in [-0.15, -0.1) is 0 Å². The molecule has 2 atom stereocenters. The summed E-state index contributed by atoms with van der Waals surface area (Å²) in [6.07, 6.45) is 2.48. The van der Waals surface area contributed by atoms with Crippen LogP contribution >= 0.6 is 0 Å². The van der Waals surface area contributed by atoms with Gasteiger partial charge in [0.25, 0.3) is 0 Å². The van der Waals surface area contributed by atoms with Crippen LogP contribution in [0, 0.1) is 6.92 Å². The molecule has 20 heavy (non-hydrogen) atoms. The molecular weight excluding hydrogens is 250 g/mol. The lowest BCUT2D eigenvalue weighted by atomic mass is 10.1. The second-order valence-corrected chi connectivity index (χ2v) is 6.87. The normalized spacial score (nSPS) is 23.1. The largest absolute Gasteiger partial charge is 0.487 e. The van der Waals surface area contributed by atoms with Gasteiger partial charge in [0.05, 0.1) is 6.10 Å². The van der Waals surface area contributed by atoms with Crippen LogP contribution in [-0.2, 0) is 6.54 Å². The number of hydrogen-bond acceptors (Lipinski definition) is 3. The number of rotatable bonds is 4. The van der Waals surface area contributed by atoms with Crippen LogP contribution in [0.1, 0.15) is 51.2 Å². The number of hydrogen-bond donors (Lipinski definition) is 2. The summed E-state index contributed by atoms with van der Waals surface area (Å²) in [6.45, 7) is 9.34. The molecule has 112 valence electrons. The molecule has 1 saturated carbocycles. The first-order valence-corrected chi connectivity index (χ1v) is 7.54. The fourth-order valence-corrected chi connectivity index (χ4v) is 2.53. The predicted molar refractivity (Wildman–Crippen MR) is 82.0 cm³/mol. The summed E-state index contributed by atoms with van der Waals surface area (Å²) in [5.74, 6) is 0.901. The van der Waals surface area contributed by atoms with Crippen molar-refractivity contribution in [2.45, 2.75) is 71.2 Å². The smallest absolute Gasteiger partial charge is 0.124 e. The van der Waals surface area contributed by atoms with Gasteiger partial charge >= 0.3 is 0 Å². The lowest BCUT2D eigenvalue weighted by Gasteiger charge is -2.24. The number of aryl methyl sites for hydroxylation is 1. The number of aliphatic hydroxyl groups excluding tert-OH is 1. The van der Waals surface area contributed by atoms with Gasteiger partial charge < -0.3 is 15.2 Å². The van der Waals surface area contributed by atoms with Crippen LogP contribution < -0.4 is 10.1 Å². The minimum atomic E-state index is -0.320. The number of nitrogens with one attached hydrogen (secondary N) is 1. The third kappa shape index (κ3) is 4.22. The average molecular weight is 277 g/mol. The first kappa shape index (κ1) is 15.3. The molecule has 2 unspecified atom stereocenters. The maximum absolute atomic E-state index is 9.91. The van der Waals surface area contributed by atoms with Gasteiger partial charge in [-0.05, 0) is 53.0 Å². The maximum Gasteiger partial charge on any atom is 0.124 e. The highest BCUT2D eigenvalue weighted by Crippen LogP contribution is 2.28. The highest BCUT2D eigenvalue weighted by molar-refractivity contribution is 5.37. The summed E-state index contributed by atoms with van der Waals surface area (Å²) in [5.41, 5.74) is 2.47. The molecule has 1 aliphatic carbocycles. The number of aliphatic hydroxyl groups is 1. The molecule has 1 aromatic carbocycles. The van der Waals surface area contributed by atoms with E-state index in [0.29, 0.717) is 0 Å². The molecule has 0 aromatic heterocycles. The molecule has 0 heterocycles. The number of benzene rings is 1. The standard InChI is InChI=1S/C17H27NO2/c1-12-8-9-15(20-16-7-5-6-14(16)19)13(10-12)11-18-17(2,3)4/h8-10,14,16,18-19H,5-7,11H2,1-4H3. The van der Waals surface area contributed by atoms with Gasteiger partial charge in [0, 0.05) is 17.6 Å². The lowest BCUT2D eigenvalue weighted by molar-refractivity contribution is 0.0596. The molecule has 2 N–H and O–H groups in total. The minimum absolute atomic E-state index is 0.0499. The van der Waals surface area contributed by atoms with Gasteiger partial charge in [0.1, 0.15) is 11.9 Å². The van der Waals surface area contributed by atoms with E-state index in [2.05, 4.69) is 45.1 Å². The second-order valence-electron chi connectivity index (χ2n) is 6.87. The third-order valence-electron chi connectivity index (χ3n) is 3.72. The van der Waals surface area contributed by atoms with Gasteiger partial charge in [0.15, 0.2) is 0 Å². The van der Waals surface area contributed by atoms with E-state index in [1.807, 2.05) is 6.07 Å². The maximum atomic E-state index is 9.91. The summed E-state index contributed by atoms with van der Waals surface area (Å²) < 4.78 is 6.05. The molecule has 0 saturated heterocycles. The van der Waals surface area contributed by atoms with Crippen LogP contribution in [0.5, 0.6) is 5.75 Å². The van der Waals surface area contributed by atoms with Crippen molar-refractivity contribution in [2.24, 2.45) is 0 Å². The van der Waals surface area contributed by atoms with Crippen molar-refractivity contribution in [1.82, 2.24) is 5.32 Å². The second kappa shape index (κ2) is 6.15. The van der Waals surface area contributed by atoms with Crippen molar-refractivity contribution in [3.8, 4) is 5.75 Å². The highest BCUT2D eigenvalue weighted by atomic mass is 16.5. The Bertz CT molecular complexity index is 451. The third-order valence-corrected chi connectivity index (χ3v) is 3.72. The van der Waals surface area contributed by atoms with Crippen LogP contribution in [0.25, 0.3) is 0 Å². The monoisotopic (exact) mass is 277 g/mol. The highest BCUT2D eigenvalue weighted by Gasteiger charge is 2.27. The first-order chi connectivity index (χ1) is 9.35. The quantitative estimate of drug-likeness (QED) is 0.888. The zero-order chi connectivity index (χ0) is 14.8. The summed E-state index contributed by atoms with van der Waals surface area (Å²) in [6, 6.07) is 6.26. The van der Waals surface area contributed by atoms with Crippen molar-refractivity contribution < 1.29 is 9.84 Å². The molecule has 0 aliphatic heterocycles. The molecular formula is C17H27NO2. The molecule has 0 bridgehead atoms. The molecule has 1 aromatic rings. The summed E-state index contributed by atoms with van der Waals surface area (Å²) >= 11 is 0. The van der Waals surface area contributed by atoms with E-state index in [9.17, 15) is 5.11 Å². The SMILES string of the molecule is Cc1ccc(OC2CCCC2O)c(CNC(C)(C)C)c1. The summed E-state index contributed by atoms with van der Waals surface area (Å²) in [5, 5.41) is 13.4. The Hall–Kier alpha value is -1.06. The Kier molecular flexibility index (Phi) is 4.71. The van der Waals surface area contributed by atoms with Crippen LogP contribution in [0.4, 0.5) is 0 Å². The minimum Gasteiger partial charge on any atom is -0.487 e. The van der Waals surface area contributed by atoms with Gasteiger partial charge in [-0.1, -0.05) is 17.7 Å². The van der Waals surface area contributed by atoms with E-state index in [4.69, 9.17) is 4.74 Å². The van der Waals surface area contributed by atoms with Crippen LogP contribution in [0.2, 0.25) is 0 Å². The van der Waals surface area contributed by atoms with Gasteiger partial charge in [-0.2, -0.15) is 0 Å². The fourth-order valence-electron chi connectivity index (χ4n) is 2.53. The molecule has 1 aliphatic rings. The zero-order valence-electron chi connectivity index (χ0n) is 13.1. The Morgan fingerprint density at radius 2 is 2.05 bits per heavy atom. The van der Waals surface area contributed by atoms with Gasteiger partial charge in [-0.25, -0.2) is 0 Å². The van der Waals surface area contributed by atoms with Crippen molar-refractivity contribution in [3.05, 3.63) is 29.3 Å². The van der Waals surface area contributed by atoms with E-state index >= 15 is 0 Å². The Morgan fingerprint density at radius 3 is 2.65 bits per heavy atom. The van der Waals surface area contributed by atoms with Crippen molar-refractivity contribution in [3.63, 3.8) is 0 Å². The van der Waals surface area contributed by atoms with E-state index in [1.54, 1.807) is 0 Å². The van der Waals surface area contributed by atoms with Crippen molar-refractivity contribution in [1.29, 1.82) is 0 Å². The van der Waals surface area contributed by atoms with Crippen LogP contribution in [-0.4, -0.2) is 22.9 Å². The summed E-state index contributed by atoms with van der Waals surface area (Å²) in [7, 11) is 0. The van der Waals surface area contributed by atoms with Crippen molar-refractivity contribution in [2.75, 3.05) is 0 Å². The van der Waals surface area contributed by atoms with E-state index in [1.165, 1.54) is 11.1 Å². The molecule has 2 rings (SSSR count). The molecule has 0 amide bonds. The van der Waals surface area contributed by atoms with Gasteiger partial charge in [0.2, 0.25) is 0 Å². The van der Waals surface area contributed by atoms with E-state index in [0.717, 1.165) is 31.6 Å². The van der Waals surface area contributed by atoms with Crippen LogP contribution in [0.3, 0.4) is 0 Å². The molecule has 0 spiro atoms. The molecule has 0 radical (unpaired) electrons. The molecule has 3 nitrogen and oxygen atoms in total. The molecule has 3 heteroatoms. The lowest BCUT2D eigenvalue weighted by Crippen LogP contribution is -2.35. The van der Waals surface area contributed by atoms with Gasteiger partial charge in [-0.3, -0.25) is 0 Å². The summed E-state index contributed by atoms with van der Waals surface area (Å²) in [4.78, 5) is 0. The number of ether oxygens (including phenoxy) is 1. The Morgan fingerprint density at radius 1 is 1.30 bits per heavy atom. The molecule has 1 fully saturated rings. The first-order valence-electron chi connectivity index (χ1n) is 7.54. The predicted octanol–water partition coefficient (Wildman–Crippen LogP) is 3.18. The van der Waals surface area contributed by atoms with E-state index < -0.39 is 0 Å². The zero-order valence-corrected chi connectivity index (χ0v) is 13.1. The Balaban J connectivity index is 2.10. The van der Waals surface area contributed by atoms with E-state index in [-0.39, 0.29) is 17.7 Å². The average Bonchev–Trinajstić information content (AvgIpc) is 2.74. The Labute approximate surface area is 122 Å². The fraction of sp³-hybridized carbons (Fsp3) is 0.647.